The zero-order chi connectivity index (χ0) is 15.7. The lowest BCUT2D eigenvalue weighted by Gasteiger charge is -2.14. The van der Waals surface area contributed by atoms with Crippen molar-refractivity contribution in [2.45, 2.75) is 19.3 Å². The van der Waals surface area contributed by atoms with Gasteiger partial charge in [0.25, 0.3) is 5.91 Å². The summed E-state index contributed by atoms with van der Waals surface area (Å²) in [6.45, 7) is 1.45. The second kappa shape index (κ2) is 6.23. The third kappa shape index (κ3) is 2.94. The van der Waals surface area contributed by atoms with Crippen molar-refractivity contribution in [1.82, 2.24) is 15.2 Å². The van der Waals surface area contributed by atoms with E-state index >= 15 is 0 Å². The van der Waals surface area contributed by atoms with Crippen molar-refractivity contribution in [1.29, 1.82) is 0 Å². The van der Waals surface area contributed by atoms with Crippen LogP contribution >= 0.6 is 11.6 Å². The predicted octanol–water partition coefficient (Wildman–Crippen LogP) is 2.67. The third-order valence-electron chi connectivity index (χ3n) is 4.05. The summed E-state index contributed by atoms with van der Waals surface area (Å²) >= 11 is 6.13. The summed E-state index contributed by atoms with van der Waals surface area (Å²) in [5, 5.41) is 4.51. The summed E-state index contributed by atoms with van der Waals surface area (Å²) < 4.78 is 0. The number of benzene rings is 1. The SMILES string of the molecule is CN(C)CCNC(=O)c1c2c(nc3ccc(Cl)cc13)CCC2. The van der Waals surface area contributed by atoms with Gasteiger partial charge in [0, 0.05) is 29.2 Å². The summed E-state index contributed by atoms with van der Waals surface area (Å²) in [6, 6.07) is 5.57. The van der Waals surface area contributed by atoms with Crippen LogP contribution < -0.4 is 5.32 Å². The second-order valence-electron chi connectivity index (χ2n) is 5.99. The minimum Gasteiger partial charge on any atom is -0.351 e. The van der Waals surface area contributed by atoms with Crippen molar-refractivity contribution in [2.75, 3.05) is 27.2 Å². The van der Waals surface area contributed by atoms with Gasteiger partial charge in [0.1, 0.15) is 0 Å². The number of nitrogens with one attached hydrogen (secondary N) is 1. The Bertz CT molecular complexity index is 727. The average Bonchev–Trinajstić information content (AvgIpc) is 2.91. The normalized spacial score (nSPS) is 13.6. The molecule has 0 fully saturated rings. The maximum atomic E-state index is 12.7. The molecule has 2 aromatic rings. The largest absolute Gasteiger partial charge is 0.351 e. The first-order valence-corrected chi connectivity index (χ1v) is 7.98. The van der Waals surface area contributed by atoms with Gasteiger partial charge in [-0.2, -0.15) is 0 Å². The highest BCUT2D eigenvalue weighted by Crippen LogP contribution is 2.31. The quantitative estimate of drug-likeness (QED) is 0.943. The number of carbonyl (C=O) groups is 1. The van der Waals surface area contributed by atoms with Gasteiger partial charge < -0.3 is 10.2 Å². The average molecular weight is 318 g/mol. The Morgan fingerprint density at radius 2 is 2.18 bits per heavy atom. The van der Waals surface area contributed by atoms with Crippen LogP contribution in [0.5, 0.6) is 0 Å². The van der Waals surface area contributed by atoms with Crippen LogP contribution in [0, 0.1) is 0 Å². The highest BCUT2D eigenvalue weighted by molar-refractivity contribution is 6.31. The number of pyridine rings is 1. The summed E-state index contributed by atoms with van der Waals surface area (Å²) in [6.07, 6.45) is 2.93. The van der Waals surface area contributed by atoms with E-state index in [4.69, 9.17) is 16.6 Å². The smallest absolute Gasteiger partial charge is 0.252 e. The van der Waals surface area contributed by atoms with E-state index in [-0.39, 0.29) is 5.91 Å². The van der Waals surface area contributed by atoms with Crippen molar-refractivity contribution in [3.63, 3.8) is 0 Å². The number of nitrogens with zero attached hydrogens (tertiary/aromatic N) is 2. The molecule has 0 unspecified atom stereocenters. The number of amides is 1. The Kier molecular flexibility index (Phi) is 4.32. The van der Waals surface area contributed by atoms with Crippen LogP contribution in [0.15, 0.2) is 18.2 Å². The molecule has 0 spiro atoms. The lowest BCUT2D eigenvalue weighted by molar-refractivity contribution is 0.0952. The highest BCUT2D eigenvalue weighted by Gasteiger charge is 2.23. The van der Waals surface area contributed by atoms with Gasteiger partial charge in [-0.05, 0) is 57.1 Å². The number of halogens is 1. The van der Waals surface area contributed by atoms with Crippen molar-refractivity contribution in [3.8, 4) is 0 Å². The van der Waals surface area contributed by atoms with E-state index in [1.807, 2.05) is 37.2 Å². The molecule has 3 rings (SSSR count). The van der Waals surface area contributed by atoms with E-state index in [1.165, 1.54) is 0 Å². The van der Waals surface area contributed by atoms with Gasteiger partial charge in [-0.1, -0.05) is 11.6 Å². The number of hydrogen-bond donors (Lipinski definition) is 1. The van der Waals surface area contributed by atoms with Gasteiger partial charge in [-0.15, -0.1) is 0 Å². The molecule has 0 aliphatic heterocycles. The number of carbonyl (C=O) groups excluding carboxylic acids is 1. The lowest BCUT2D eigenvalue weighted by Crippen LogP contribution is -2.32. The van der Waals surface area contributed by atoms with Gasteiger partial charge in [-0.25, -0.2) is 0 Å². The van der Waals surface area contributed by atoms with Crippen LogP contribution in [0.2, 0.25) is 5.02 Å². The topological polar surface area (TPSA) is 45.2 Å². The molecule has 1 aliphatic rings. The summed E-state index contributed by atoms with van der Waals surface area (Å²) in [5.41, 5.74) is 3.77. The molecule has 1 aromatic carbocycles. The molecule has 1 aliphatic carbocycles. The molecule has 5 heteroatoms. The number of hydrogen-bond acceptors (Lipinski definition) is 3. The lowest BCUT2D eigenvalue weighted by atomic mass is 10.0. The minimum atomic E-state index is -0.0188. The van der Waals surface area contributed by atoms with Crippen molar-refractivity contribution in [3.05, 3.63) is 40.0 Å². The van der Waals surface area contributed by atoms with Crippen LogP contribution in [0.1, 0.15) is 28.0 Å². The predicted molar refractivity (Wildman–Crippen MR) is 89.7 cm³/mol. The second-order valence-corrected chi connectivity index (χ2v) is 6.42. The Hall–Kier alpha value is -1.65. The molecule has 1 heterocycles. The maximum absolute atomic E-state index is 12.7. The van der Waals surface area contributed by atoms with Crippen LogP contribution in [-0.2, 0) is 12.8 Å². The molecule has 4 nitrogen and oxygen atoms in total. The molecule has 0 saturated heterocycles. The summed E-state index contributed by atoms with van der Waals surface area (Å²) in [5.74, 6) is -0.0188. The van der Waals surface area contributed by atoms with E-state index in [9.17, 15) is 4.79 Å². The fraction of sp³-hybridized carbons (Fsp3) is 0.412. The standard InChI is InChI=1S/C17H20ClN3O/c1-21(2)9-8-19-17(22)16-12-4-3-5-14(12)20-15-7-6-11(18)10-13(15)16/h6-7,10H,3-5,8-9H2,1-2H3,(H,19,22). The Labute approximate surface area is 135 Å². The van der Waals surface area contributed by atoms with Crippen LogP contribution in [0.4, 0.5) is 0 Å². The van der Waals surface area contributed by atoms with Gasteiger partial charge in [0.05, 0.1) is 11.1 Å². The Morgan fingerprint density at radius 3 is 2.95 bits per heavy atom. The van der Waals surface area contributed by atoms with Crippen LogP contribution in [-0.4, -0.2) is 43.0 Å². The maximum Gasteiger partial charge on any atom is 0.252 e. The number of aromatic nitrogens is 1. The zero-order valence-corrected chi connectivity index (χ0v) is 13.7. The number of aryl methyl sites for hydroxylation is 1. The van der Waals surface area contributed by atoms with Crippen molar-refractivity contribution < 1.29 is 4.79 Å². The van der Waals surface area contributed by atoms with Crippen molar-refractivity contribution >= 4 is 28.4 Å². The molecule has 22 heavy (non-hydrogen) atoms. The van der Waals surface area contributed by atoms with E-state index in [0.29, 0.717) is 11.6 Å². The fourth-order valence-electron chi connectivity index (χ4n) is 2.98. The molecule has 1 N–H and O–H groups in total. The van der Waals surface area contributed by atoms with Gasteiger partial charge in [-0.3, -0.25) is 9.78 Å². The third-order valence-corrected chi connectivity index (χ3v) is 4.28. The van der Waals surface area contributed by atoms with E-state index in [1.54, 1.807) is 0 Å². The number of fused-ring (bicyclic) bond motifs is 2. The molecule has 1 aromatic heterocycles. The fourth-order valence-corrected chi connectivity index (χ4v) is 3.15. The van der Waals surface area contributed by atoms with Crippen molar-refractivity contribution in [2.24, 2.45) is 0 Å². The molecule has 0 radical (unpaired) electrons. The first-order chi connectivity index (χ1) is 10.6. The van der Waals surface area contributed by atoms with Gasteiger partial charge in [0.2, 0.25) is 0 Å². The van der Waals surface area contributed by atoms with Gasteiger partial charge >= 0.3 is 0 Å². The molecule has 116 valence electrons. The van der Waals surface area contributed by atoms with E-state index in [2.05, 4.69) is 5.32 Å². The number of likely N-dealkylation sites (N-methyl/N-ethyl adjacent to an activating group) is 1. The molecule has 0 bridgehead atoms. The molecular formula is C17H20ClN3O. The Balaban J connectivity index is 2.02. The van der Waals surface area contributed by atoms with E-state index < -0.39 is 0 Å². The molecule has 0 saturated carbocycles. The van der Waals surface area contributed by atoms with E-state index in [0.717, 1.165) is 53.5 Å². The van der Waals surface area contributed by atoms with Gasteiger partial charge in [0.15, 0.2) is 0 Å². The highest BCUT2D eigenvalue weighted by atomic mass is 35.5. The molecular weight excluding hydrogens is 298 g/mol. The van der Waals surface area contributed by atoms with Crippen LogP contribution in [0.3, 0.4) is 0 Å². The first-order valence-electron chi connectivity index (χ1n) is 7.60. The van der Waals surface area contributed by atoms with Crippen LogP contribution in [0.25, 0.3) is 10.9 Å². The number of rotatable bonds is 4. The monoisotopic (exact) mass is 317 g/mol. The molecule has 0 atom stereocenters. The Morgan fingerprint density at radius 1 is 1.36 bits per heavy atom. The minimum absolute atomic E-state index is 0.0188. The summed E-state index contributed by atoms with van der Waals surface area (Å²) in [7, 11) is 3.98. The zero-order valence-electron chi connectivity index (χ0n) is 12.9. The first kappa shape index (κ1) is 15.3. The molecule has 1 amide bonds. The summed E-state index contributed by atoms with van der Waals surface area (Å²) in [4.78, 5) is 19.5.